The topological polar surface area (TPSA) is 0 Å². The first-order valence-electron chi connectivity index (χ1n) is 14.6. The highest BCUT2D eigenvalue weighted by Gasteiger charge is 2.23. The maximum absolute atomic E-state index is 2.48. The maximum Gasteiger partial charge on any atom is 0.0786 e. The third kappa shape index (κ3) is 22.0. The van der Waals surface area contributed by atoms with Crippen LogP contribution in [-0.2, 0) is 0 Å². The van der Waals surface area contributed by atoms with Gasteiger partial charge in [-0.3, -0.25) is 0 Å². The van der Waals surface area contributed by atoms with Crippen LogP contribution in [0.2, 0.25) is 0 Å². The van der Waals surface area contributed by atoms with Gasteiger partial charge in [-0.25, -0.2) is 0 Å². The number of hydrogen-bond donors (Lipinski definition) is 0. The van der Waals surface area contributed by atoms with Gasteiger partial charge in [-0.15, -0.1) is 0 Å². The monoisotopic (exact) mass is 503 g/mol. The van der Waals surface area contributed by atoms with Crippen molar-refractivity contribution in [2.24, 2.45) is 0 Å². The van der Waals surface area contributed by atoms with Crippen molar-refractivity contribution in [2.45, 2.75) is 163 Å². The second-order valence-electron chi connectivity index (χ2n) is 10.2. The molecule has 0 aliphatic heterocycles. The predicted octanol–water partition coefficient (Wildman–Crippen LogP) is 7.08. The van der Waals surface area contributed by atoms with Crippen molar-refractivity contribution in [3.63, 3.8) is 0 Å². The van der Waals surface area contributed by atoms with Gasteiger partial charge in [0.1, 0.15) is 0 Å². The second-order valence-corrected chi connectivity index (χ2v) is 10.2. The third-order valence-corrected chi connectivity index (χ3v) is 7.38. The molecule has 0 radical (unpaired) electrons. The van der Waals surface area contributed by atoms with Gasteiger partial charge in [-0.1, -0.05) is 117 Å². The summed E-state index contributed by atoms with van der Waals surface area (Å²) in [6.45, 7) is 15.2. The van der Waals surface area contributed by atoms with Gasteiger partial charge in [0.25, 0.3) is 0 Å². The molecule has 2 heteroatoms. The van der Waals surface area contributed by atoms with Crippen LogP contribution in [0.25, 0.3) is 0 Å². The van der Waals surface area contributed by atoms with Gasteiger partial charge >= 0.3 is 0 Å². The summed E-state index contributed by atoms with van der Waals surface area (Å²) in [6, 6.07) is 0. The van der Waals surface area contributed by atoms with E-state index in [-0.39, 0.29) is 17.0 Å². The average Bonchev–Trinajstić information content (AvgIpc) is 2.76. The molecule has 1 nitrogen and oxygen atoms in total. The Labute approximate surface area is 209 Å². The van der Waals surface area contributed by atoms with E-state index in [0.717, 1.165) is 0 Å². The van der Waals surface area contributed by atoms with Crippen LogP contribution in [0, 0.1) is 0 Å². The normalized spacial score (nSPS) is 11.6. The first-order valence-corrected chi connectivity index (χ1v) is 14.6. The number of nitrogens with zero attached hydrogens (tertiary/aromatic N) is 1. The summed E-state index contributed by atoms with van der Waals surface area (Å²) < 4.78 is 1.43. The molecule has 0 spiro atoms. The van der Waals surface area contributed by atoms with E-state index in [4.69, 9.17) is 0 Å². The van der Waals surface area contributed by atoms with Gasteiger partial charge in [0.05, 0.1) is 26.2 Å². The van der Waals surface area contributed by atoms with Crippen molar-refractivity contribution < 1.29 is 21.5 Å². The van der Waals surface area contributed by atoms with Gasteiger partial charge in [-0.2, -0.15) is 0 Å². The zero-order valence-electron chi connectivity index (χ0n) is 22.5. The third-order valence-electron chi connectivity index (χ3n) is 7.38. The Morgan fingerprint density at radius 2 is 0.548 bits per heavy atom. The molecule has 0 unspecified atom stereocenters. The number of hydrogen-bond acceptors (Lipinski definition) is 0. The number of rotatable bonds is 25. The Bertz CT molecular complexity index is 272. The standard InChI is InChI=1S/C29H62N.BrH/c1-5-9-12-15-18-21-24-27-30(8-4,28-25-22-19-16-13-10-6-2)29-26-23-20-17-14-11-7-3;/h5-29H2,1-4H3;1H/q+1;/p-1. The van der Waals surface area contributed by atoms with Gasteiger partial charge < -0.3 is 21.5 Å². The predicted molar refractivity (Wildman–Crippen MR) is 139 cm³/mol. The lowest BCUT2D eigenvalue weighted by Gasteiger charge is -2.38. The summed E-state index contributed by atoms with van der Waals surface area (Å²) in [7, 11) is 0. The fourth-order valence-electron chi connectivity index (χ4n) is 5.02. The Kier molecular flexibility index (Phi) is 28.9. The molecule has 0 rings (SSSR count). The molecular formula is C29H62BrN. The molecule has 0 heterocycles. The smallest absolute Gasteiger partial charge is 0.0786 e. The molecule has 0 aromatic carbocycles. The summed E-state index contributed by atoms with van der Waals surface area (Å²) in [4.78, 5) is 0. The Balaban J connectivity index is 0. The van der Waals surface area contributed by atoms with Crippen molar-refractivity contribution in [1.29, 1.82) is 0 Å². The minimum Gasteiger partial charge on any atom is -1.00 e. The lowest BCUT2D eigenvalue weighted by molar-refractivity contribution is -0.927. The largest absolute Gasteiger partial charge is 1.00 e. The minimum absolute atomic E-state index is 0. The summed E-state index contributed by atoms with van der Waals surface area (Å²) in [5, 5.41) is 0. The van der Waals surface area contributed by atoms with Crippen LogP contribution in [0.1, 0.15) is 163 Å². The molecule has 0 aliphatic carbocycles. The van der Waals surface area contributed by atoms with Crippen LogP contribution in [0.4, 0.5) is 0 Å². The van der Waals surface area contributed by atoms with E-state index in [1.165, 1.54) is 165 Å². The highest BCUT2D eigenvalue weighted by Crippen LogP contribution is 2.18. The molecule has 0 amide bonds. The van der Waals surface area contributed by atoms with Gasteiger partial charge in [0.2, 0.25) is 0 Å². The van der Waals surface area contributed by atoms with Crippen LogP contribution in [0.5, 0.6) is 0 Å². The van der Waals surface area contributed by atoms with Gasteiger partial charge in [-0.05, 0) is 45.4 Å². The van der Waals surface area contributed by atoms with E-state index in [0.29, 0.717) is 0 Å². The summed E-state index contributed by atoms with van der Waals surface area (Å²) in [6.07, 6.45) is 30.4. The van der Waals surface area contributed by atoms with Crippen molar-refractivity contribution in [3.05, 3.63) is 0 Å². The average molecular weight is 505 g/mol. The summed E-state index contributed by atoms with van der Waals surface area (Å²) >= 11 is 0. The molecule has 0 bridgehead atoms. The minimum atomic E-state index is 0. The van der Waals surface area contributed by atoms with Crippen molar-refractivity contribution in [1.82, 2.24) is 0 Å². The molecule has 0 N–H and O–H groups in total. The molecule has 0 aliphatic rings. The van der Waals surface area contributed by atoms with E-state index in [1.54, 1.807) is 0 Å². The quantitative estimate of drug-likeness (QED) is 0.0921. The Hall–Kier alpha value is 0.440. The molecule has 0 atom stereocenters. The van der Waals surface area contributed by atoms with Gasteiger partial charge in [0, 0.05) is 0 Å². The molecule has 0 aromatic heterocycles. The van der Waals surface area contributed by atoms with E-state index in [1.807, 2.05) is 0 Å². The van der Waals surface area contributed by atoms with Crippen LogP contribution < -0.4 is 17.0 Å². The number of unbranched alkanes of at least 4 members (excludes halogenated alkanes) is 18. The van der Waals surface area contributed by atoms with E-state index >= 15 is 0 Å². The molecule has 0 aromatic rings. The zero-order valence-corrected chi connectivity index (χ0v) is 24.1. The molecule has 0 fully saturated rings. The summed E-state index contributed by atoms with van der Waals surface area (Å²) in [5.41, 5.74) is 0. The van der Waals surface area contributed by atoms with E-state index in [2.05, 4.69) is 27.7 Å². The van der Waals surface area contributed by atoms with Crippen molar-refractivity contribution in [2.75, 3.05) is 26.2 Å². The SMILES string of the molecule is CCCCCCCCC[N+](CC)(CCCCCCCCC)CCCCCCCCC.[Br-]. The highest BCUT2D eigenvalue weighted by atomic mass is 79.9. The van der Waals surface area contributed by atoms with E-state index < -0.39 is 0 Å². The van der Waals surface area contributed by atoms with Gasteiger partial charge in [0.15, 0.2) is 0 Å². The fraction of sp³-hybridized carbons (Fsp3) is 1.00. The fourth-order valence-corrected chi connectivity index (χ4v) is 5.02. The summed E-state index contributed by atoms with van der Waals surface area (Å²) in [5.74, 6) is 0. The molecule has 0 saturated heterocycles. The van der Waals surface area contributed by atoms with Crippen molar-refractivity contribution >= 4 is 0 Å². The zero-order chi connectivity index (χ0) is 22.2. The highest BCUT2D eigenvalue weighted by molar-refractivity contribution is 4.53. The molecular weight excluding hydrogens is 442 g/mol. The van der Waals surface area contributed by atoms with Crippen LogP contribution in [0.15, 0.2) is 0 Å². The first-order chi connectivity index (χ1) is 14.7. The maximum atomic E-state index is 2.48. The van der Waals surface area contributed by atoms with Crippen molar-refractivity contribution in [3.8, 4) is 0 Å². The van der Waals surface area contributed by atoms with Crippen LogP contribution in [0.3, 0.4) is 0 Å². The lowest BCUT2D eigenvalue weighted by Crippen LogP contribution is -3.00. The Morgan fingerprint density at radius 1 is 0.323 bits per heavy atom. The number of halogens is 1. The number of quaternary nitrogens is 1. The Morgan fingerprint density at radius 3 is 0.774 bits per heavy atom. The lowest BCUT2D eigenvalue weighted by atomic mass is 10.1. The first kappa shape index (κ1) is 33.6. The molecule has 190 valence electrons. The van der Waals surface area contributed by atoms with Crippen LogP contribution in [-0.4, -0.2) is 30.7 Å². The molecule has 31 heavy (non-hydrogen) atoms. The van der Waals surface area contributed by atoms with E-state index in [9.17, 15) is 0 Å². The second kappa shape index (κ2) is 26.7. The molecule has 0 saturated carbocycles. The van der Waals surface area contributed by atoms with Crippen LogP contribution >= 0.6 is 0 Å².